The van der Waals surface area contributed by atoms with Gasteiger partial charge in [-0.1, -0.05) is 114 Å². The number of anilines is 1. The molecule has 3 aromatic rings. The first-order valence-corrected chi connectivity index (χ1v) is 27.7. The number of aryl methyl sites for hydroxylation is 1. The Bertz CT molecular complexity index is 1800. The van der Waals surface area contributed by atoms with E-state index in [1.165, 1.54) is 83.5 Å². The van der Waals surface area contributed by atoms with Crippen LogP contribution in [0, 0.1) is 0 Å². The first-order valence-electron chi connectivity index (χ1n) is 22.9. The van der Waals surface area contributed by atoms with Crippen LogP contribution >= 0.6 is 34.9 Å². The van der Waals surface area contributed by atoms with Crippen molar-refractivity contribution in [3.8, 4) is 11.5 Å². The molecule has 2 heterocycles. The third-order valence-corrected chi connectivity index (χ3v) is 14.3. The number of carbonyl (C=O) groups is 1. The lowest BCUT2D eigenvalue weighted by Crippen LogP contribution is -2.35. The molecule has 0 saturated heterocycles. The third kappa shape index (κ3) is 22.7. The van der Waals surface area contributed by atoms with Gasteiger partial charge in [0.25, 0.3) is 15.1 Å². The van der Waals surface area contributed by atoms with E-state index in [2.05, 4.69) is 29.0 Å². The summed E-state index contributed by atoms with van der Waals surface area (Å²) in [6.07, 6.45) is 24.9. The Balaban J connectivity index is 1.32. The molecule has 0 spiro atoms. The van der Waals surface area contributed by atoms with Crippen molar-refractivity contribution in [3.05, 3.63) is 47.0 Å². The number of rotatable bonds is 24. The van der Waals surface area contributed by atoms with Gasteiger partial charge in [-0.05, 0) is 48.7 Å². The second-order valence-electron chi connectivity index (χ2n) is 15.7. The van der Waals surface area contributed by atoms with Gasteiger partial charge in [-0.25, -0.2) is 0 Å². The molecule has 1 amide bonds. The van der Waals surface area contributed by atoms with Gasteiger partial charge in [0.15, 0.2) is 18.0 Å². The van der Waals surface area contributed by atoms with Crippen LogP contribution in [-0.2, 0) is 30.9 Å². The minimum absolute atomic E-state index is 0.0236. The number of unbranched alkanes of at least 4 members (excludes halogenated alkanes) is 15. The smallest absolute Gasteiger partial charge is 0.264 e. The van der Waals surface area contributed by atoms with Gasteiger partial charge in [-0.15, -0.1) is 0 Å². The lowest BCUT2D eigenvalue weighted by Gasteiger charge is -2.14. The average Bonchev–Trinajstić information content (AvgIpc) is 3.58. The van der Waals surface area contributed by atoms with Gasteiger partial charge in [0.1, 0.15) is 4.70 Å². The van der Waals surface area contributed by atoms with Crippen LogP contribution in [0.2, 0.25) is 0 Å². The molecule has 0 unspecified atom stereocenters. The first-order chi connectivity index (χ1) is 29.8. The Kier molecular flexibility index (Phi) is 26.5. The molecule has 0 bridgehead atoms. The summed E-state index contributed by atoms with van der Waals surface area (Å²) in [6.45, 7) is 6.55. The third-order valence-electron chi connectivity index (χ3n) is 10.5. The maximum atomic E-state index is 13.0. The molecule has 2 aromatic carbocycles. The van der Waals surface area contributed by atoms with Crippen LogP contribution in [0.15, 0.2) is 36.4 Å². The molecule has 1 aromatic heterocycles. The number of fused-ring (bicyclic) bond motifs is 2. The molecule has 2 N–H and O–H groups in total. The van der Waals surface area contributed by atoms with E-state index in [4.69, 9.17) is 18.9 Å². The molecular weight excluding hydrogens is 849 g/mol. The van der Waals surface area contributed by atoms with Gasteiger partial charge >= 0.3 is 0 Å². The fourth-order valence-electron chi connectivity index (χ4n) is 7.18. The molecule has 4 rings (SSSR count). The minimum atomic E-state index is -4.04. The predicted molar refractivity (Wildman–Crippen MR) is 258 cm³/mol. The summed E-state index contributed by atoms with van der Waals surface area (Å²) < 4.78 is 59.2. The van der Waals surface area contributed by atoms with Crippen molar-refractivity contribution in [1.29, 1.82) is 0 Å². The number of benzene rings is 2. The molecule has 1 aliphatic rings. The fraction of sp³-hybridized carbons (Fsp3) is 0.660. The highest BCUT2D eigenvalue weighted by Crippen LogP contribution is 2.31. The Morgan fingerprint density at radius 1 is 0.689 bits per heavy atom. The maximum Gasteiger partial charge on any atom is 0.264 e. The van der Waals surface area contributed by atoms with Crippen molar-refractivity contribution in [2.75, 3.05) is 73.7 Å². The van der Waals surface area contributed by atoms with E-state index in [1.54, 1.807) is 34.9 Å². The van der Waals surface area contributed by atoms with Crippen molar-refractivity contribution in [2.24, 2.45) is 0 Å². The summed E-state index contributed by atoms with van der Waals surface area (Å²) >= 11 is 5.22. The highest BCUT2D eigenvalue weighted by atomic mass is 32.2. The number of thioether (sulfide) groups is 2. The van der Waals surface area contributed by atoms with Crippen molar-refractivity contribution in [1.82, 2.24) is 0 Å². The van der Waals surface area contributed by atoms with E-state index in [9.17, 15) is 17.8 Å². The van der Waals surface area contributed by atoms with E-state index in [0.717, 1.165) is 62.3 Å². The Morgan fingerprint density at radius 3 is 1.90 bits per heavy atom. The van der Waals surface area contributed by atoms with Crippen molar-refractivity contribution in [3.63, 3.8) is 0 Å². The summed E-state index contributed by atoms with van der Waals surface area (Å²) in [5.41, 5.74) is 2.67. The number of nitrogens with one attached hydrogen (secondary N) is 1. The Hall–Kier alpha value is -2.33. The van der Waals surface area contributed by atoms with E-state index in [-0.39, 0.29) is 11.7 Å². The monoisotopic (exact) mass is 921 g/mol. The summed E-state index contributed by atoms with van der Waals surface area (Å²) in [6, 6.07) is 12.0. The standard InChI is InChI=1S/C47H72N2O8S4/c1-2-3-4-5-6-7-8-9-10-11-12-13-14-15-16-19-46(50)48-41-22-24-45-42(39-41)49(26-17-18-37-61(51,52)53)47(60-45)25-21-40-20-23-43-44(38-40)57-32-36-59-34-30-55-28-27-54-29-33-58-35-31-56-43/h20-25,38-39H,2-19,26-37H2,1H3,(H-,48,50,51,52,53)/p+1/b25-21+. The van der Waals surface area contributed by atoms with E-state index >= 15 is 0 Å². The lowest BCUT2D eigenvalue weighted by atomic mass is 10.0. The second-order valence-corrected chi connectivity index (χ2v) is 20.8. The molecule has 61 heavy (non-hydrogen) atoms. The number of nitrogens with zero attached hydrogens (tertiary/aromatic N) is 1. The van der Waals surface area contributed by atoms with Gasteiger partial charge < -0.3 is 24.3 Å². The number of carbonyl (C=O) groups excluding carboxylic acids is 1. The van der Waals surface area contributed by atoms with Crippen molar-refractivity contribution in [2.45, 2.75) is 129 Å². The normalized spacial score (nSPS) is 15.2. The number of hydrogen-bond donors (Lipinski definition) is 2. The number of aromatic nitrogens is 1. The second kappa shape index (κ2) is 31.5. The molecule has 14 heteroatoms. The Labute approximate surface area is 379 Å². The maximum absolute atomic E-state index is 13.0. The topological polar surface area (TPSA) is 124 Å². The van der Waals surface area contributed by atoms with Gasteiger partial charge in [0.2, 0.25) is 11.4 Å². The summed E-state index contributed by atoms with van der Waals surface area (Å²) in [5.74, 6) is 4.63. The molecule has 0 aliphatic carbocycles. The predicted octanol–water partition coefficient (Wildman–Crippen LogP) is 11.5. The first kappa shape index (κ1) is 51.3. The van der Waals surface area contributed by atoms with Crippen molar-refractivity contribution < 1.29 is 41.3 Å². The van der Waals surface area contributed by atoms with E-state index < -0.39 is 10.1 Å². The summed E-state index contributed by atoms with van der Waals surface area (Å²) in [7, 11) is -4.04. The van der Waals surface area contributed by atoms with E-state index in [1.807, 2.05) is 36.4 Å². The van der Waals surface area contributed by atoms with Crippen LogP contribution in [0.25, 0.3) is 22.4 Å². The van der Waals surface area contributed by atoms with Crippen LogP contribution in [0.5, 0.6) is 11.5 Å². The zero-order chi connectivity index (χ0) is 43.2. The van der Waals surface area contributed by atoms with Crippen LogP contribution in [-0.4, -0.2) is 87.3 Å². The Morgan fingerprint density at radius 2 is 1.28 bits per heavy atom. The molecule has 342 valence electrons. The summed E-state index contributed by atoms with van der Waals surface area (Å²) in [5, 5.41) is 4.10. The molecule has 1 aliphatic heterocycles. The van der Waals surface area contributed by atoms with Crippen LogP contribution in [0.1, 0.15) is 133 Å². The number of thiazole rings is 1. The fourth-order valence-corrected chi connectivity index (χ4v) is 10.1. The number of amides is 1. The van der Waals surface area contributed by atoms with Crippen LogP contribution in [0.4, 0.5) is 5.69 Å². The van der Waals surface area contributed by atoms with Gasteiger partial charge in [-0.3, -0.25) is 9.35 Å². The lowest BCUT2D eigenvalue weighted by molar-refractivity contribution is -0.669. The van der Waals surface area contributed by atoms with Crippen molar-refractivity contribution >= 4 is 78.9 Å². The van der Waals surface area contributed by atoms with Gasteiger partial charge in [0.05, 0.1) is 45.4 Å². The molecule has 0 radical (unpaired) electrons. The zero-order valence-electron chi connectivity index (χ0n) is 36.7. The average molecular weight is 922 g/mol. The van der Waals surface area contributed by atoms with E-state index in [0.29, 0.717) is 76.9 Å². The quantitative estimate of drug-likeness (QED) is 0.0510. The highest BCUT2D eigenvalue weighted by Gasteiger charge is 2.20. The minimum Gasteiger partial charge on any atom is -0.489 e. The molecule has 0 fully saturated rings. The molecule has 0 atom stereocenters. The van der Waals surface area contributed by atoms with Crippen LogP contribution in [0.3, 0.4) is 0 Å². The number of ether oxygens (including phenoxy) is 4. The largest absolute Gasteiger partial charge is 0.489 e. The molecule has 10 nitrogen and oxygen atoms in total. The zero-order valence-corrected chi connectivity index (χ0v) is 40.0. The van der Waals surface area contributed by atoms with Gasteiger partial charge in [0, 0.05) is 53.7 Å². The number of hydrogen-bond acceptors (Lipinski definition) is 10. The van der Waals surface area contributed by atoms with Gasteiger partial charge in [-0.2, -0.15) is 36.5 Å². The summed E-state index contributed by atoms with van der Waals surface area (Å²) in [4.78, 5) is 13.0. The highest BCUT2D eigenvalue weighted by molar-refractivity contribution is 7.99. The van der Waals surface area contributed by atoms with Crippen LogP contribution < -0.4 is 19.4 Å². The SMILES string of the molecule is CCCCCCCCCCCCCCCCCC(=O)Nc1ccc2sc(/C=C/c3ccc4c(c3)OCCSCCOCCOCCSCCO4)[n+](CCCCS(=O)(=O)O)c2c1. The molecular formula is C47H73N2O8S4+. The molecule has 0 saturated carbocycles.